The first-order valence-corrected chi connectivity index (χ1v) is 52.5. The number of H-pyrrole nitrogens is 1. The van der Waals surface area contributed by atoms with Gasteiger partial charge in [-0.1, -0.05) is 90.5 Å². The van der Waals surface area contributed by atoms with E-state index in [-0.39, 0.29) is 60.7 Å². The van der Waals surface area contributed by atoms with Gasteiger partial charge < -0.3 is 54.2 Å². The number of nitrogens with zero attached hydrogens (tertiary/aromatic N) is 16. The van der Waals surface area contributed by atoms with Gasteiger partial charge in [0, 0.05) is 152 Å². The van der Waals surface area contributed by atoms with Crippen LogP contribution in [0.2, 0.25) is 0 Å². The maximum Gasteiger partial charge on any atom is 0.410 e. The van der Waals surface area contributed by atoms with E-state index >= 15 is 0 Å². The second-order valence-electron chi connectivity index (χ2n) is 38.4. The van der Waals surface area contributed by atoms with Gasteiger partial charge >= 0.3 is 18.3 Å². The Balaban J connectivity index is 0.000000284. The lowest BCUT2D eigenvalue weighted by atomic mass is 10.0. The Morgan fingerprint density at radius 1 is 0.515 bits per heavy atom. The summed E-state index contributed by atoms with van der Waals surface area (Å²) in [4.78, 5) is 116. The van der Waals surface area contributed by atoms with Crippen LogP contribution in [-0.2, 0) is 19.0 Å². The summed E-state index contributed by atoms with van der Waals surface area (Å²) in [6.07, 6.45) is 9.03. The Morgan fingerprint density at radius 2 is 0.970 bits per heavy atom. The smallest absolute Gasteiger partial charge is 0.410 e. The SMILES string of the molecule is C.CC(C)CC(C)C.CC(C)C[C@H]1CNCCN1C(=O)OC(C)(C)C.CON(C)C(=O)c1cccnc1F.Cc1csc(Br)n1.Cc1sc(Br)nc1Br.Cc1sc(N2CCN(C(=O)OC(C)(C)C)[C@@H](CC(C)C)C2)nc1Br.Cc1sc(N2CCN(C(=O)OC(C)(C)C)[C@@H](CC(C)C)C2)nc1C(=O)c1cccnc1F.Cc1sc(N2CCN[C@@H](CC(C)C)C2)nc1-c1[nH]nc2ncccc12. The molecule has 4 aliphatic heterocycles. The number of hydrogen-bond donors (Lipinski definition) is 3. The van der Waals surface area contributed by atoms with E-state index in [1.54, 1.807) is 56.4 Å². The molecule has 4 fully saturated rings. The van der Waals surface area contributed by atoms with Crippen LogP contribution in [0.15, 0.2) is 77.4 Å². The number of halogens is 6. The monoisotopic (exact) mass is 2210 g/mol. The summed E-state index contributed by atoms with van der Waals surface area (Å²) in [5.41, 5.74) is 2.41. The van der Waals surface area contributed by atoms with Crippen LogP contribution in [0.3, 0.4) is 0 Å². The molecule has 4 aliphatic rings. The standard InChI is InChI=1S/C23H31FN4O3S.C18H24N6S.C17H28BrN3O2S.C13H26N2O2.C8H9FN2O2.C7H16.C4H3Br2NS.C4H4BrNS.CH4/c1-14(2)12-16-13-27(10-11-28(16)22(30)31-23(4,5)6)21-26-18(15(3)32-21)19(29)17-8-7-9-25-20(17)24;1-11(2)9-13-10-24(8-7-19-13)18-21-15(12(3)25-18)16-14-5-4-6-20-17(14)23-22-16;1-11(2)9-13-10-20(15-19-14(18)12(3)24-15)7-8-21(13)16(22)23-17(4,5)6;1-10(2)8-11-9-14-6-7-15(11)12(16)17-13(3,4)5;1-11(13-2)8(12)6-4-3-5-10-7(6)9;1-6(2)5-7(3)4;1-2-3(5)7-4(6)8-2;1-3-2-7-4(5)6-3;/h7-9,14,16H,10-13H2,1-6H3;4-6,11,13,19H,7-10H2,1-3H3,(H,20,22,23);11,13H,7-10H2,1-6H3;10-11,14H,6-9H2,1-5H3;3-5H,1-2H3;6-7H,5H2,1-4H3;1H3;2H,1H3;1H4/t16-;2*13-;11-;;;;;/m0000...../s1. The van der Waals surface area contributed by atoms with Crippen LogP contribution < -0.4 is 25.3 Å². The number of carbonyl (C=O) groups is 5. The molecule has 3 N–H and O–H groups in total. The predicted octanol–water partition coefficient (Wildman–Crippen LogP) is 24.2. The molecule has 39 heteroatoms. The van der Waals surface area contributed by atoms with E-state index in [2.05, 4.69) is 236 Å². The van der Waals surface area contributed by atoms with E-state index in [0.29, 0.717) is 61.0 Å². The Bertz CT molecular complexity index is 5040. The average Bonchev–Trinajstić information content (AvgIpc) is 1.63. The van der Waals surface area contributed by atoms with E-state index in [1.165, 1.54) is 89.6 Å². The fourth-order valence-corrected chi connectivity index (χ4v) is 21.1. The van der Waals surface area contributed by atoms with E-state index in [4.69, 9.17) is 19.2 Å². The van der Waals surface area contributed by atoms with Gasteiger partial charge in [-0.2, -0.15) is 13.9 Å². The number of fused-ring (bicyclic) bond motifs is 1. The number of hydroxylamine groups is 2. The molecule has 0 bridgehead atoms. The number of aromatic nitrogens is 10. The fourth-order valence-electron chi connectivity index (χ4n) is 14.6. The van der Waals surface area contributed by atoms with E-state index in [1.807, 2.05) is 110 Å². The maximum atomic E-state index is 14.0. The van der Waals surface area contributed by atoms with Gasteiger partial charge in [0.25, 0.3) is 5.91 Å². The van der Waals surface area contributed by atoms with Gasteiger partial charge in [0.15, 0.2) is 28.9 Å². The predicted molar refractivity (Wildman–Crippen MR) is 559 cm³/mol. The first-order chi connectivity index (χ1) is 62.2. The maximum absolute atomic E-state index is 14.0. The van der Waals surface area contributed by atoms with E-state index in [0.717, 1.165) is 149 Å². The molecule has 9 aromatic rings. The molecule has 746 valence electrons. The molecule has 9 aromatic heterocycles. The minimum Gasteiger partial charge on any atom is -0.444 e. The second-order valence-corrected chi connectivity index (χ2v) is 48.1. The van der Waals surface area contributed by atoms with Crippen molar-refractivity contribution in [2.24, 2.45) is 35.5 Å². The van der Waals surface area contributed by atoms with Crippen LogP contribution in [0, 0.1) is 82.0 Å². The van der Waals surface area contributed by atoms with Crippen molar-refractivity contribution in [3.63, 3.8) is 0 Å². The van der Waals surface area contributed by atoms with Crippen molar-refractivity contribution in [1.82, 2.24) is 80.5 Å². The van der Waals surface area contributed by atoms with Gasteiger partial charge in [0.1, 0.15) is 37.4 Å². The van der Waals surface area contributed by atoms with Crippen LogP contribution in [0.5, 0.6) is 0 Å². The molecule has 4 amide bonds. The summed E-state index contributed by atoms with van der Waals surface area (Å²) in [5.74, 6) is 1.33. The third kappa shape index (κ3) is 39.8. The minimum atomic E-state index is -0.797. The van der Waals surface area contributed by atoms with E-state index in [9.17, 15) is 32.8 Å². The quantitative estimate of drug-likeness (QED) is 0.0311. The summed E-state index contributed by atoms with van der Waals surface area (Å²) >= 11 is 21.4. The van der Waals surface area contributed by atoms with Gasteiger partial charge in [0.2, 0.25) is 17.7 Å². The molecule has 0 saturated carbocycles. The number of pyridine rings is 3. The Morgan fingerprint density at radius 3 is 1.40 bits per heavy atom. The molecule has 28 nitrogen and oxygen atoms in total. The fraction of sp³-hybridized carbons (Fsp3) is 0.621. The lowest BCUT2D eigenvalue weighted by molar-refractivity contribution is -0.0760. The normalized spacial score (nSPS) is 16.3. The summed E-state index contributed by atoms with van der Waals surface area (Å²) in [6, 6.07) is 10.7. The molecular formula is C95H145Br4F2N19O9S5. The molecule has 0 spiro atoms. The highest BCUT2D eigenvalue weighted by atomic mass is 79.9. The zero-order valence-corrected chi connectivity index (χ0v) is 93.1. The number of carbonyl (C=O) groups excluding carboxylic acids is 5. The first kappa shape index (κ1) is 118. The molecule has 0 aliphatic carbocycles. The van der Waals surface area contributed by atoms with Crippen LogP contribution in [-0.4, -0.2) is 233 Å². The highest BCUT2D eigenvalue weighted by molar-refractivity contribution is 9.11. The van der Waals surface area contributed by atoms with Crippen molar-refractivity contribution in [1.29, 1.82) is 0 Å². The highest BCUT2D eigenvalue weighted by Gasteiger charge is 2.39. The zero-order valence-electron chi connectivity index (χ0n) is 82.7. The number of aryl methyl sites for hydroxylation is 5. The number of ether oxygens (including phenoxy) is 3. The van der Waals surface area contributed by atoms with Crippen LogP contribution in [0.1, 0.15) is 237 Å². The number of aromatic amines is 1. The van der Waals surface area contributed by atoms with Crippen LogP contribution in [0.25, 0.3) is 22.4 Å². The Labute approximate surface area is 848 Å². The summed E-state index contributed by atoms with van der Waals surface area (Å²) in [5, 5.41) is 21.2. The number of ketones is 1. The molecule has 4 saturated heterocycles. The van der Waals surface area contributed by atoms with Gasteiger partial charge in [-0.15, -0.1) is 56.7 Å². The number of thiazole rings is 5. The first-order valence-electron chi connectivity index (χ1n) is 45.2. The second kappa shape index (κ2) is 55.8. The average molecular weight is 2220 g/mol. The molecule has 13 heterocycles. The zero-order chi connectivity index (χ0) is 99.3. The number of hydrogen-bond acceptors (Lipinski definition) is 28. The highest BCUT2D eigenvalue weighted by Crippen LogP contribution is 2.38. The van der Waals surface area contributed by atoms with E-state index < -0.39 is 40.4 Å². The third-order valence-corrected chi connectivity index (χ3v) is 28.2. The van der Waals surface area contributed by atoms with Crippen LogP contribution >= 0.6 is 120 Å². The Kier molecular flexibility index (Phi) is 48.9. The van der Waals surface area contributed by atoms with Crippen molar-refractivity contribution >= 4 is 177 Å². The molecule has 0 aromatic carbocycles. The number of anilines is 3. The van der Waals surface area contributed by atoms with Crippen molar-refractivity contribution in [3.05, 3.63) is 131 Å². The summed E-state index contributed by atoms with van der Waals surface area (Å²) in [6.45, 7) is 63.1. The summed E-state index contributed by atoms with van der Waals surface area (Å²) < 4.78 is 47.3. The molecule has 0 unspecified atom stereocenters. The van der Waals surface area contributed by atoms with Gasteiger partial charge in [-0.05, 0) is 265 Å². The van der Waals surface area contributed by atoms with Crippen molar-refractivity contribution in [3.8, 4) is 11.4 Å². The van der Waals surface area contributed by atoms with Crippen molar-refractivity contribution in [2.45, 2.75) is 261 Å². The van der Waals surface area contributed by atoms with Gasteiger partial charge in [0.05, 0.1) is 36.0 Å². The minimum absolute atomic E-state index is 0. The lowest BCUT2D eigenvalue weighted by Gasteiger charge is -2.42. The number of amides is 4. The Hall–Kier alpha value is -6.92. The third-order valence-electron chi connectivity index (χ3n) is 20.1. The molecule has 13 rings (SSSR count). The van der Waals surface area contributed by atoms with Crippen molar-refractivity contribution in [2.75, 3.05) is 107 Å². The summed E-state index contributed by atoms with van der Waals surface area (Å²) in [7, 11) is 2.72. The van der Waals surface area contributed by atoms with Crippen molar-refractivity contribution < 1.29 is 51.8 Å². The molecule has 134 heavy (non-hydrogen) atoms. The largest absolute Gasteiger partial charge is 0.444 e. The lowest BCUT2D eigenvalue weighted by Crippen LogP contribution is -2.56. The topological polar surface area (TPSA) is 301 Å². The molecule has 0 radical (unpaired) electrons. The number of piperazine rings is 4. The van der Waals surface area contributed by atoms with Gasteiger partial charge in [-0.25, -0.2) is 59.3 Å². The number of nitrogens with one attached hydrogen (secondary N) is 3. The van der Waals surface area contributed by atoms with Crippen LogP contribution in [0.4, 0.5) is 38.6 Å². The molecule has 4 atom stereocenters. The number of rotatable bonds is 18. The van der Waals surface area contributed by atoms with Gasteiger partial charge in [-0.3, -0.25) is 19.5 Å². The molecular weight excluding hydrogens is 2070 g/mol.